The number of aromatic nitrogens is 2. The summed E-state index contributed by atoms with van der Waals surface area (Å²) in [7, 11) is 0. The fourth-order valence-corrected chi connectivity index (χ4v) is 2.66. The lowest BCUT2D eigenvalue weighted by Gasteiger charge is -2.12. The van der Waals surface area contributed by atoms with Gasteiger partial charge >= 0.3 is 0 Å². The molecule has 0 amide bonds. The molecule has 5 heteroatoms. The number of rotatable bonds is 3. The highest BCUT2D eigenvalue weighted by molar-refractivity contribution is 6.16. The lowest BCUT2D eigenvalue weighted by Crippen LogP contribution is -2.12. The Morgan fingerprint density at radius 3 is 3.11 bits per heavy atom. The molecule has 1 saturated heterocycles. The van der Waals surface area contributed by atoms with Crippen molar-refractivity contribution < 1.29 is 9.13 Å². The van der Waals surface area contributed by atoms with Gasteiger partial charge in [0, 0.05) is 19.1 Å². The molecule has 0 radical (unpaired) electrons. The van der Waals surface area contributed by atoms with Crippen molar-refractivity contribution in [1.29, 1.82) is 0 Å². The molecule has 1 aromatic heterocycles. The summed E-state index contributed by atoms with van der Waals surface area (Å²) in [6, 6.07) is 5.02. The monoisotopic (exact) mass is 268 g/mol. The van der Waals surface area contributed by atoms with E-state index in [4.69, 9.17) is 16.3 Å². The first kappa shape index (κ1) is 11.9. The van der Waals surface area contributed by atoms with E-state index in [-0.39, 0.29) is 5.82 Å². The van der Waals surface area contributed by atoms with Gasteiger partial charge in [0.1, 0.15) is 11.3 Å². The lowest BCUT2D eigenvalue weighted by molar-refractivity contribution is 0.182. The molecule has 1 atom stereocenters. The van der Waals surface area contributed by atoms with E-state index in [0.717, 1.165) is 37.5 Å². The Morgan fingerprint density at radius 2 is 2.39 bits per heavy atom. The van der Waals surface area contributed by atoms with Gasteiger partial charge in [0.05, 0.1) is 18.0 Å². The number of imidazole rings is 1. The standard InChI is InChI=1S/C13H14ClFN2O/c14-6-12-16-13-10(15)2-1-3-11(13)17(12)7-9-4-5-18-8-9/h1-3,9H,4-8H2. The minimum absolute atomic E-state index is 0.291. The van der Waals surface area contributed by atoms with Gasteiger partial charge in [0.25, 0.3) is 0 Å². The maximum Gasteiger partial charge on any atom is 0.151 e. The third-order valence-electron chi connectivity index (χ3n) is 3.39. The van der Waals surface area contributed by atoms with Gasteiger partial charge < -0.3 is 9.30 Å². The van der Waals surface area contributed by atoms with Gasteiger partial charge in [-0.2, -0.15) is 0 Å². The summed E-state index contributed by atoms with van der Waals surface area (Å²) in [5, 5.41) is 0. The second-order valence-corrected chi connectivity index (χ2v) is 4.88. The summed E-state index contributed by atoms with van der Waals surface area (Å²) in [4.78, 5) is 4.29. The van der Waals surface area contributed by atoms with E-state index in [2.05, 4.69) is 4.98 Å². The van der Waals surface area contributed by atoms with Gasteiger partial charge in [-0.25, -0.2) is 9.37 Å². The first-order valence-corrected chi connectivity index (χ1v) is 6.60. The second kappa shape index (κ2) is 4.86. The number of fused-ring (bicyclic) bond motifs is 1. The Hall–Kier alpha value is -1.13. The maximum atomic E-state index is 13.7. The molecular weight excluding hydrogens is 255 g/mol. The van der Waals surface area contributed by atoms with Crippen molar-refractivity contribution in [1.82, 2.24) is 9.55 Å². The Morgan fingerprint density at radius 1 is 1.50 bits per heavy atom. The predicted octanol–water partition coefficient (Wildman–Crippen LogP) is 2.95. The normalized spacial score (nSPS) is 19.8. The molecular formula is C13H14ClFN2O. The van der Waals surface area contributed by atoms with Crippen LogP contribution in [0.2, 0.25) is 0 Å². The molecule has 0 bridgehead atoms. The third kappa shape index (κ3) is 1.99. The molecule has 0 saturated carbocycles. The summed E-state index contributed by atoms with van der Waals surface area (Å²) < 4.78 is 21.1. The number of nitrogens with zero attached hydrogens (tertiary/aromatic N) is 2. The smallest absolute Gasteiger partial charge is 0.151 e. The third-order valence-corrected chi connectivity index (χ3v) is 3.63. The van der Waals surface area contributed by atoms with Gasteiger partial charge in [0.2, 0.25) is 0 Å². The highest BCUT2D eigenvalue weighted by atomic mass is 35.5. The summed E-state index contributed by atoms with van der Waals surface area (Å²) >= 11 is 5.90. The first-order chi connectivity index (χ1) is 8.79. The fraction of sp³-hybridized carbons (Fsp3) is 0.462. The Bertz CT molecular complexity index is 563. The number of para-hydroxylation sites is 1. The van der Waals surface area contributed by atoms with E-state index in [9.17, 15) is 4.39 Å². The zero-order valence-electron chi connectivity index (χ0n) is 9.90. The average Bonchev–Trinajstić information content (AvgIpc) is 2.99. The van der Waals surface area contributed by atoms with Gasteiger partial charge in [-0.15, -0.1) is 11.6 Å². The predicted molar refractivity (Wildman–Crippen MR) is 68.2 cm³/mol. The molecule has 18 heavy (non-hydrogen) atoms. The van der Waals surface area contributed by atoms with Crippen LogP contribution in [0.25, 0.3) is 11.0 Å². The molecule has 0 N–H and O–H groups in total. The van der Waals surface area contributed by atoms with E-state index in [1.807, 2.05) is 10.6 Å². The largest absolute Gasteiger partial charge is 0.381 e. The molecule has 1 aliphatic rings. The fourth-order valence-electron chi connectivity index (χ4n) is 2.45. The Labute approximate surface area is 110 Å². The van der Waals surface area contributed by atoms with Crippen LogP contribution in [0.1, 0.15) is 12.2 Å². The van der Waals surface area contributed by atoms with Gasteiger partial charge in [-0.05, 0) is 18.6 Å². The number of alkyl halides is 1. The van der Waals surface area contributed by atoms with E-state index in [1.165, 1.54) is 6.07 Å². The quantitative estimate of drug-likeness (QED) is 0.801. The van der Waals surface area contributed by atoms with Crippen LogP contribution in [0.5, 0.6) is 0 Å². The SMILES string of the molecule is Fc1cccc2c1nc(CCl)n2CC1CCOC1. The van der Waals surface area contributed by atoms with Crippen LogP contribution in [0.3, 0.4) is 0 Å². The molecule has 1 aliphatic heterocycles. The highest BCUT2D eigenvalue weighted by Gasteiger charge is 2.20. The average molecular weight is 269 g/mol. The molecule has 1 fully saturated rings. The van der Waals surface area contributed by atoms with E-state index in [1.54, 1.807) is 6.07 Å². The summed E-state index contributed by atoms with van der Waals surface area (Å²) in [6.45, 7) is 2.36. The van der Waals surface area contributed by atoms with Gasteiger partial charge in [0.15, 0.2) is 5.82 Å². The van der Waals surface area contributed by atoms with Crippen LogP contribution in [-0.2, 0) is 17.2 Å². The number of ether oxygens (including phenoxy) is 1. The number of benzene rings is 1. The molecule has 3 nitrogen and oxygen atoms in total. The van der Waals surface area contributed by atoms with E-state index >= 15 is 0 Å². The van der Waals surface area contributed by atoms with Crippen molar-refractivity contribution in [3.05, 3.63) is 29.8 Å². The van der Waals surface area contributed by atoms with Crippen molar-refractivity contribution in [3.8, 4) is 0 Å². The van der Waals surface area contributed by atoms with Crippen LogP contribution in [0.4, 0.5) is 4.39 Å². The van der Waals surface area contributed by atoms with Crippen molar-refractivity contribution in [2.75, 3.05) is 13.2 Å². The minimum atomic E-state index is -0.291. The second-order valence-electron chi connectivity index (χ2n) is 4.61. The number of hydrogen-bond acceptors (Lipinski definition) is 2. The van der Waals surface area contributed by atoms with Crippen LogP contribution < -0.4 is 0 Å². The summed E-state index contributed by atoms with van der Waals surface area (Å²) in [6.07, 6.45) is 1.04. The summed E-state index contributed by atoms with van der Waals surface area (Å²) in [5.74, 6) is 1.19. The van der Waals surface area contributed by atoms with Crippen LogP contribution in [0, 0.1) is 11.7 Å². The highest BCUT2D eigenvalue weighted by Crippen LogP contribution is 2.23. The lowest BCUT2D eigenvalue weighted by atomic mass is 10.1. The number of hydrogen-bond donors (Lipinski definition) is 0. The minimum Gasteiger partial charge on any atom is -0.381 e. The zero-order valence-corrected chi connectivity index (χ0v) is 10.7. The maximum absolute atomic E-state index is 13.7. The molecule has 0 spiro atoms. The topological polar surface area (TPSA) is 27.1 Å². The van der Waals surface area contributed by atoms with Crippen molar-refractivity contribution in [2.45, 2.75) is 18.8 Å². The number of halogens is 2. The molecule has 3 rings (SSSR count). The Kier molecular flexibility index (Phi) is 3.22. The zero-order chi connectivity index (χ0) is 12.5. The molecule has 96 valence electrons. The van der Waals surface area contributed by atoms with Crippen molar-refractivity contribution in [3.63, 3.8) is 0 Å². The van der Waals surface area contributed by atoms with E-state index in [0.29, 0.717) is 17.3 Å². The molecule has 2 aromatic rings. The van der Waals surface area contributed by atoms with E-state index < -0.39 is 0 Å². The van der Waals surface area contributed by atoms with Gasteiger partial charge in [-0.1, -0.05) is 6.07 Å². The van der Waals surface area contributed by atoms with Crippen molar-refractivity contribution in [2.24, 2.45) is 5.92 Å². The van der Waals surface area contributed by atoms with Crippen LogP contribution in [0.15, 0.2) is 18.2 Å². The molecule has 1 unspecified atom stereocenters. The molecule has 1 aromatic carbocycles. The van der Waals surface area contributed by atoms with Crippen LogP contribution in [-0.4, -0.2) is 22.8 Å². The molecule has 0 aliphatic carbocycles. The van der Waals surface area contributed by atoms with Crippen molar-refractivity contribution >= 4 is 22.6 Å². The first-order valence-electron chi connectivity index (χ1n) is 6.07. The van der Waals surface area contributed by atoms with Crippen LogP contribution >= 0.6 is 11.6 Å². The van der Waals surface area contributed by atoms with Gasteiger partial charge in [-0.3, -0.25) is 0 Å². The Balaban J connectivity index is 2.04. The summed E-state index contributed by atoms with van der Waals surface area (Å²) in [5.41, 5.74) is 1.23. The molecule has 2 heterocycles.